The quantitative estimate of drug-likeness (QED) is 0.823. The van der Waals surface area contributed by atoms with Crippen molar-refractivity contribution in [3.05, 3.63) is 45.8 Å². The lowest BCUT2D eigenvalue weighted by Crippen LogP contribution is -2.37. The molecule has 2 fully saturated rings. The summed E-state index contributed by atoms with van der Waals surface area (Å²) in [6.45, 7) is 3.44. The van der Waals surface area contributed by atoms with Gasteiger partial charge in [-0.05, 0) is 66.4 Å². The predicted octanol–water partition coefficient (Wildman–Crippen LogP) is 3.95. The molecule has 0 aromatic rings. The maximum atomic E-state index is 3.87. The summed E-state index contributed by atoms with van der Waals surface area (Å²) in [5, 5.41) is 7.54. The normalized spacial score (nSPS) is 32.8. The highest BCUT2D eigenvalue weighted by Gasteiger charge is 2.40. The summed E-state index contributed by atoms with van der Waals surface area (Å²) in [4.78, 5) is 0. The number of rotatable bonds is 3. The van der Waals surface area contributed by atoms with Crippen molar-refractivity contribution in [2.45, 2.75) is 57.9 Å². The zero-order valence-electron chi connectivity index (χ0n) is 13.5. The number of nitrogens with one attached hydrogen (secondary N) is 2. The molecule has 5 rings (SSSR count). The fraction of sp³-hybridized carbons (Fsp3) is 0.600. The van der Waals surface area contributed by atoms with E-state index in [9.17, 15) is 0 Å². The van der Waals surface area contributed by atoms with Crippen LogP contribution in [-0.4, -0.2) is 12.6 Å². The highest BCUT2D eigenvalue weighted by atomic mass is 15.0. The summed E-state index contributed by atoms with van der Waals surface area (Å²) in [6.07, 6.45) is 14.1. The molecule has 0 radical (unpaired) electrons. The number of hydrogen-bond donors (Lipinski definition) is 2. The smallest absolute Gasteiger partial charge is 0.0482 e. The van der Waals surface area contributed by atoms with Gasteiger partial charge in [-0.1, -0.05) is 25.8 Å². The van der Waals surface area contributed by atoms with Crippen LogP contribution >= 0.6 is 0 Å². The molecule has 2 heterocycles. The molecule has 0 aromatic carbocycles. The Morgan fingerprint density at radius 3 is 3.00 bits per heavy atom. The number of fused-ring (bicyclic) bond motifs is 1. The van der Waals surface area contributed by atoms with E-state index in [2.05, 4.69) is 29.7 Å². The first-order valence-corrected chi connectivity index (χ1v) is 9.21. The second-order valence-electron chi connectivity index (χ2n) is 7.67. The minimum atomic E-state index is 0.617. The minimum Gasteiger partial charge on any atom is -0.384 e. The molecule has 0 spiro atoms. The van der Waals surface area contributed by atoms with Crippen molar-refractivity contribution in [2.75, 3.05) is 6.54 Å². The second kappa shape index (κ2) is 4.78. The van der Waals surface area contributed by atoms with Gasteiger partial charge in [-0.2, -0.15) is 0 Å². The zero-order valence-corrected chi connectivity index (χ0v) is 13.5. The fourth-order valence-corrected chi connectivity index (χ4v) is 4.89. The van der Waals surface area contributed by atoms with E-state index in [-0.39, 0.29) is 0 Å². The molecule has 116 valence electrons. The zero-order chi connectivity index (χ0) is 14.7. The summed E-state index contributed by atoms with van der Waals surface area (Å²) in [5.74, 6) is 1.72. The van der Waals surface area contributed by atoms with Crippen LogP contribution in [0.5, 0.6) is 0 Å². The number of dihydropyridines is 1. The summed E-state index contributed by atoms with van der Waals surface area (Å²) in [7, 11) is 0. The van der Waals surface area contributed by atoms with E-state index in [0.29, 0.717) is 6.04 Å². The lowest BCUT2D eigenvalue weighted by molar-refractivity contribution is 0.489. The number of hydrogen-bond acceptors (Lipinski definition) is 2. The first-order chi connectivity index (χ1) is 10.8. The van der Waals surface area contributed by atoms with E-state index in [1.807, 2.05) is 0 Å². The van der Waals surface area contributed by atoms with Crippen LogP contribution in [0.25, 0.3) is 0 Å². The Morgan fingerprint density at radius 2 is 2.18 bits per heavy atom. The molecule has 2 nitrogen and oxygen atoms in total. The fourth-order valence-electron chi connectivity index (χ4n) is 4.89. The van der Waals surface area contributed by atoms with Gasteiger partial charge >= 0.3 is 0 Å². The Hall–Kier alpha value is -1.44. The molecule has 22 heavy (non-hydrogen) atoms. The van der Waals surface area contributed by atoms with Crippen LogP contribution in [0.1, 0.15) is 51.9 Å². The van der Waals surface area contributed by atoms with Gasteiger partial charge in [-0.15, -0.1) is 0 Å². The van der Waals surface area contributed by atoms with Crippen LogP contribution in [0.15, 0.2) is 45.8 Å². The van der Waals surface area contributed by atoms with Crippen LogP contribution in [0, 0.1) is 11.8 Å². The molecule has 0 aromatic heterocycles. The van der Waals surface area contributed by atoms with Gasteiger partial charge in [0.2, 0.25) is 0 Å². The SMILES string of the molecule is CCC1=CC2=C(CC3CNC4=CCCC2=C43)C(CC2CC2)N1. The Kier molecular flexibility index (Phi) is 2.83. The van der Waals surface area contributed by atoms with Crippen LogP contribution in [0.3, 0.4) is 0 Å². The van der Waals surface area contributed by atoms with Crippen molar-refractivity contribution in [3.8, 4) is 0 Å². The van der Waals surface area contributed by atoms with Crippen LogP contribution in [-0.2, 0) is 0 Å². The monoisotopic (exact) mass is 294 g/mol. The van der Waals surface area contributed by atoms with Crippen LogP contribution in [0.4, 0.5) is 0 Å². The van der Waals surface area contributed by atoms with Crippen LogP contribution in [0.2, 0.25) is 0 Å². The van der Waals surface area contributed by atoms with E-state index in [4.69, 9.17) is 0 Å². The van der Waals surface area contributed by atoms with Gasteiger partial charge in [0.1, 0.15) is 0 Å². The van der Waals surface area contributed by atoms with Crippen molar-refractivity contribution in [1.82, 2.24) is 10.6 Å². The van der Waals surface area contributed by atoms with Crippen molar-refractivity contribution < 1.29 is 0 Å². The van der Waals surface area contributed by atoms with Gasteiger partial charge in [0.25, 0.3) is 0 Å². The molecule has 2 atom stereocenters. The highest BCUT2D eigenvalue weighted by Crippen LogP contribution is 2.48. The van der Waals surface area contributed by atoms with Crippen molar-refractivity contribution in [3.63, 3.8) is 0 Å². The summed E-state index contributed by atoms with van der Waals surface area (Å²) < 4.78 is 0. The first-order valence-electron chi connectivity index (χ1n) is 9.21. The topological polar surface area (TPSA) is 24.1 Å². The van der Waals surface area contributed by atoms with Gasteiger partial charge in [0, 0.05) is 29.9 Å². The molecule has 2 heteroatoms. The molecule has 3 aliphatic carbocycles. The third kappa shape index (κ3) is 1.92. The lowest BCUT2D eigenvalue weighted by atomic mass is 9.72. The molecule has 1 saturated carbocycles. The molecule has 0 amide bonds. The summed E-state index contributed by atoms with van der Waals surface area (Å²) in [6, 6.07) is 0.617. The maximum Gasteiger partial charge on any atom is 0.0482 e. The third-order valence-electron chi connectivity index (χ3n) is 6.19. The van der Waals surface area contributed by atoms with Gasteiger partial charge < -0.3 is 10.6 Å². The molecular weight excluding hydrogens is 268 g/mol. The van der Waals surface area contributed by atoms with Crippen molar-refractivity contribution in [1.29, 1.82) is 0 Å². The largest absolute Gasteiger partial charge is 0.384 e. The maximum absolute atomic E-state index is 3.87. The average molecular weight is 294 g/mol. The minimum absolute atomic E-state index is 0.617. The van der Waals surface area contributed by atoms with Crippen molar-refractivity contribution in [2.24, 2.45) is 11.8 Å². The highest BCUT2D eigenvalue weighted by molar-refractivity contribution is 5.60. The van der Waals surface area contributed by atoms with E-state index in [1.54, 1.807) is 22.3 Å². The van der Waals surface area contributed by atoms with Crippen LogP contribution < -0.4 is 10.6 Å². The van der Waals surface area contributed by atoms with E-state index in [0.717, 1.165) is 24.8 Å². The predicted molar refractivity (Wildman–Crippen MR) is 90.1 cm³/mol. The first kappa shape index (κ1) is 13.0. The number of allylic oxidation sites excluding steroid dienone is 6. The second-order valence-corrected chi connectivity index (χ2v) is 7.67. The van der Waals surface area contributed by atoms with E-state index < -0.39 is 0 Å². The van der Waals surface area contributed by atoms with Crippen molar-refractivity contribution >= 4 is 0 Å². The summed E-state index contributed by atoms with van der Waals surface area (Å²) in [5.41, 5.74) is 9.63. The molecule has 2 aliphatic heterocycles. The Labute approximate surface area is 133 Å². The molecule has 2 unspecified atom stereocenters. The molecule has 0 bridgehead atoms. The Balaban J connectivity index is 1.60. The van der Waals surface area contributed by atoms with E-state index in [1.165, 1.54) is 49.9 Å². The van der Waals surface area contributed by atoms with E-state index >= 15 is 0 Å². The van der Waals surface area contributed by atoms with Gasteiger partial charge in [0.15, 0.2) is 0 Å². The van der Waals surface area contributed by atoms with Gasteiger partial charge in [0.05, 0.1) is 0 Å². The standard InChI is InChI=1S/C20H26N2/c1-2-14-10-16-15-4-3-5-18-20(15)13(11-21-18)9-17(16)19(22-14)8-12-6-7-12/h5,10,12-13,19,21-22H,2-4,6-9,11H2,1H3. The van der Waals surface area contributed by atoms with Gasteiger partial charge in [-0.25, -0.2) is 0 Å². The lowest BCUT2D eigenvalue weighted by Gasteiger charge is -2.37. The molecule has 5 aliphatic rings. The molecular formula is C20H26N2. The molecule has 1 saturated heterocycles. The Bertz CT molecular complexity index is 643. The third-order valence-corrected chi connectivity index (χ3v) is 6.19. The summed E-state index contributed by atoms with van der Waals surface area (Å²) >= 11 is 0. The Morgan fingerprint density at radius 1 is 1.27 bits per heavy atom. The average Bonchev–Trinajstić information content (AvgIpc) is 3.27. The molecule has 2 N–H and O–H groups in total. The van der Waals surface area contributed by atoms with Gasteiger partial charge in [-0.3, -0.25) is 0 Å².